The smallest absolute Gasteiger partial charge is 0.363 e. The molecule has 1 heterocycles. The number of cyclic esters (lactones) is 1. The third-order valence-corrected chi connectivity index (χ3v) is 5.06. The highest BCUT2D eigenvalue weighted by Crippen LogP contribution is 2.21. The van der Waals surface area contributed by atoms with E-state index in [4.69, 9.17) is 9.47 Å². The van der Waals surface area contributed by atoms with Crippen molar-refractivity contribution in [1.29, 1.82) is 0 Å². The average Bonchev–Trinajstić information content (AvgIpc) is 3.05. The minimum Gasteiger partial charge on any atom is -0.494 e. The number of rotatable bonds is 9. The fourth-order valence-electron chi connectivity index (χ4n) is 2.88. The third-order valence-electron chi connectivity index (χ3n) is 4.39. The second-order valence-corrected chi connectivity index (χ2v) is 7.92. The van der Waals surface area contributed by atoms with Crippen LogP contribution in [0.15, 0.2) is 59.2 Å². The van der Waals surface area contributed by atoms with Gasteiger partial charge >= 0.3 is 5.97 Å². The quantitative estimate of drug-likeness (QED) is 0.188. The molecule has 0 N–H and O–H groups in total. The predicted octanol–water partition coefficient (Wildman–Crippen LogP) is 5.98. The van der Waals surface area contributed by atoms with E-state index in [1.807, 2.05) is 48.5 Å². The van der Waals surface area contributed by atoms with Crippen molar-refractivity contribution in [1.82, 2.24) is 0 Å². The molecule has 0 radical (unpaired) electrons. The second kappa shape index (κ2) is 10.4. The predicted molar refractivity (Wildman–Crippen MR) is 120 cm³/mol. The summed E-state index contributed by atoms with van der Waals surface area (Å²) in [6.07, 6.45) is 7.82. The zero-order chi connectivity index (χ0) is 19.8. The van der Waals surface area contributed by atoms with Crippen molar-refractivity contribution in [2.24, 2.45) is 4.99 Å². The Morgan fingerprint density at radius 3 is 2.61 bits per heavy atom. The van der Waals surface area contributed by atoms with Crippen molar-refractivity contribution in [2.45, 2.75) is 39.0 Å². The minimum atomic E-state index is -0.429. The van der Waals surface area contributed by atoms with Crippen LogP contribution in [0.25, 0.3) is 6.08 Å². The first-order valence-corrected chi connectivity index (χ1v) is 10.7. The van der Waals surface area contributed by atoms with Crippen molar-refractivity contribution in [3.8, 4) is 5.75 Å². The lowest BCUT2D eigenvalue weighted by molar-refractivity contribution is -0.129. The Labute approximate surface area is 179 Å². The number of halogens is 1. The number of unbranched alkanes of at least 4 members (excludes halogenated alkanes) is 4. The van der Waals surface area contributed by atoms with Crippen molar-refractivity contribution < 1.29 is 14.3 Å². The van der Waals surface area contributed by atoms with Crippen LogP contribution in [0, 0.1) is 3.57 Å². The van der Waals surface area contributed by atoms with Crippen LogP contribution in [0.1, 0.15) is 50.2 Å². The molecule has 28 heavy (non-hydrogen) atoms. The van der Waals surface area contributed by atoms with Crippen LogP contribution in [-0.2, 0) is 9.53 Å². The monoisotopic (exact) mass is 489 g/mol. The highest BCUT2D eigenvalue weighted by atomic mass is 127. The number of carbonyl (C=O) groups is 1. The SMILES string of the molecule is CCCCCCCOc1ccc(C2=NC(=Cc3cccc(I)c3)C(=O)O2)cc1. The van der Waals surface area contributed by atoms with Gasteiger partial charge in [0.25, 0.3) is 0 Å². The summed E-state index contributed by atoms with van der Waals surface area (Å²) in [6, 6.07) is 15.4. The minimum absolute atomic E-state index is 0.310. The Morgan fingerprint density at radius 1 is 1.07 bits per heavy atom. The Hall–Kier alpha value is -2.15. The third kappa shape index (κ3) is 5.92. The van der Waals surface area contributed by atoms with Gasteiger partial charge in [0, 0.05) is 9.13 Å². The first-order chi connectivity index (χ1) is 13.7. The summed E-state index contributed by atoms with van der Waals surface area (Å²) < 4.78 is 12.2. The molecule has 0 spiro atoms. The molecule has 0 saturated heterocycles. The standard InChI is InChI=1S/C23H24INO3/c1-2-3-4-5-6-14-27-20-12-10-18(11-13-20)22-25-21(23(26)28-22)16-17-8-7-9-19(24)15-17/h7-13,15-16H,2-6,14H2,1H3. The Balaban J connectivity index is 1.60. The van der Waals surface area contributed by atoms with Crippen molar-refractivity contribution in [3.05, 3.63) is 68.9 Å². The highest BCUT2D eigenvalue weighted by Gasteiger charge is 2.24. The summed E-state index contributed by atoms with van der Waals surface area (Å²) in [5.41, 5.74) is 1.99. The topological polar surface area (TPSA) is 47.9 Å². The van der Waals surface area contributed by atoms with E-state index in [9.17, 15) is 4.79 Å². The number of hydrogen-bond acceptors (Lipinski definition) is 4. The van der Waals surface area contributed by atoms with E-state index in [-0.39, 0.29) is 0 Å². The van der Waals surface area contributed by atoms with E-state index in [1.165, 1.54) is 25.7 Å². The second-order valence-electron chi connectivity index (χ2n) is 6.68. The van der Waals surface area contributed by atoms with E-state index < -0.39 is 5.97 Å². The van der Waals surface area contributed by atoms with Gasteiger partial charge in [0.1, 0.15) is 5.75 Å². The van der Waals surface area contributed by atoms with Crippen LogP contribution in [0.3, 0.4) is 0 Å². The lowest BCUT2D eigenvalue weighted by Crippen LogP contribution is -2.05. The number of carbonyl (C=O) groups excluding carboxylic acids is 1. The fourth-order valence-corrected chi connectivity index (χ4v) is 3.44. The molecule has 2 aromatic carbocycles. The zero-order valence-corrected chi connectivity index (χ0v) is 18.1. The highest BCUT2D eigenvalue weighted by molar-refractivity contribution is 14.1. The van der Waals surface area contributed by atoms with Gasteiger partial charge in [-0.05, 0) is 77.0 Å². The lowest BCUT2D eigenvalue weighted by Gasteiger charge is -2.07. The molecule has 5 heteroatoms. The molecule has 0 fully saturated rings. The van der Waals surface area contributed by atoms with Gasteiger partial charge in [-0.25, -0.2) is 9.79 Å². The van der Waals surface area contributed by atoms with Gasteiger partial charge in [-0.2, -0.15) is 0 Å². The normalized spacial score (nSPS) is 14.9. The molecule has 2 aromatic rings. The molecule has 0 saturated carbocycles. The van der Waals surface area contributed by atoms with Crippen molar-refractivity contribution in [2.75, 3.05) is 6.61 Å². The molecular formula is C23H24INO3. The molecule has 0 amide bonds. The molecule has 0 bridgehead atoms. The average molecular weight is 489 g/mol. The van der Waals surface area contributed by atoms with E-state index in [2.05, 4.69) is 34.5 Å². The largest absolute Gasteiger partial charge is 0.494 e. The van der Waals surface area contributed by atoms with Crippen LogP contribution in [-0.4, -0.2) is 18.5 Å². The molecule has 0 aliphatic carbocycles. The van der Waals surface area contributed by atoms with Gasteiger partial charge in [-0.15, -0.1) is 0 Å². The van der Waals surface area contributed by atoms with Gasteiger partial charge in [-0.1, -0.05) is 44.7 Å². The number of nitrogens with zero attached hydrogens (tertiary/aromatic N) is 1. The lowest BCUT2D eigenvalue weighted by atomic mass is 10.2. The molecule has 0 unspecified atom stereocenters. The first kappa shape index (κ1) is 20.6. The number of benzene rings is 2. The maximum Gasteiger partial charge on any atom is 0.363 e. The van der Waals surface area contributed by atoms with E-state index >= 15 is 0 Å². The summed E-state index contributed by atoms with van der Waals surface area (Å²) >= 11 is 2.24. The van der Waals surface area contributed by atoms with Gasteiger partial charge in [0.15, 0.2) is 5.70 Å². The molecule has 146 valence electrons. The zero-order valence-electron chi connectivity index (χ0n) is 16.0. The van der Waals surface area contributed by atoms with Crippen LogP contribution in [0.4, 0.5) is 0 Å². The van der Waals surface area contributed by atoms with Gasteiger partial charge in [0.2, 0.25) is 5.90 Å². The molecule has 4 nitrogen and oxygen atoms in total. The number of esters is 1. The van der Waals surface area contributed by atoms with E-state index in [1.54, 1.807) is 6.08 Å². The van der Waals surface area contributed by atoms with Gasteiger partial charge in [0.05, 0.1) is 6.61 Å². The van der Waals surface area contributed by atoms with E-state index in [0.29, 0.717) is 11.6 Å². The summed E-state index contributed by atoms with van der Waals surface area (Å²) in [5, 5.41) is 0. The maximum absolute atomic E-state index is 12.1. The molecule has 1 aliphatic rings. The first-order valence-electron chi connectivity index (χ1n) is 9.67. The molecular weight excluding hydrogens is 465 g/mol. The van der Waals surface area contributed by atoms with Crippen LogP contribution < -0.4 is 4.74 Å². The molecule has 3 rings (SSSR count). The summed E-state index contributed by atoms with van der Waals surface area (Å²) in [7, 11) is 0. The Morgan fingerprint density at radius 2 is 1.86 bits per heavy atom. The van der Waals surface area contributed by atoms with Crippen molar-refractivity contribution >= 4 is 40.5 Å². The summed E-state index contributed by atoms with van der Waals surface area (Å²) in [6.45, 7) is 2.94. The Kier molecular flexibility index (Phi) is 7.65. The fraction of sp³-hybridized carbons (Fsp3) is 0.304. The molecule has 0 aromatic heterocycles. The number of ether oxygens (including phenoxy) is 2. The number of hydrogen-bond donors (Lipinski definition) is 0. The summed E-state index contributed by atoms with van der Waals surface area (Å²) in [5.74, 6) is 0.716. The van der Waals surface area contributed by atoms with Crippen LogP contribution >= 0.6 is 22.6 Å². The van der Waals surface area contributed by atoms with Gasteiger partial charge in [-0.3, -0.25) is 0 Å². The van der Waals surface area contributed by atoms with Gasteiger partial charge < -0.3 is 9.47 Å². The maximum atomic E-state index is 12.1. The van der Waals surface area contributed by atoms with E-state index in [0.717, 1.165) is 33.5 Å². The Bertz CT molecular complexity index is 872. The van der Waals surface area contributed by atoms with Crippen LogP contribution in [0.5, 0.6) is 5.75 Å². The molecule has 0 atom stereocenters. The molecule has 1 aliphatic heterocycles. The van der Waals surface area contributed by atoms with Crippen LogP contribution in [0.2, 0.25) is 0 Å². The summed E-state index contributed by atoms with van der Waals surface area (Å²) in [4.78, 5) is 16.5. The number of aliphatic imine (C=N–C) groups is 1. The van der Waals surface area contributed by atoms with Crippen molar-refractivity contribution in [3.63, 3.8) is 0 Å².